The van der Waals surface area contributed by atoms with Gasteiger partial charge in [0, 0.05) is 5.41 Å². The highest BCUT2D eigenvalue weighted by Gasteiger charge is 2.33. The molecule has 0 N–H and O–H groups in total. The first-order valence-corrected chi connectivity index (χ1v) is 8.65. The van der Waals surface area contributed by atoms with Gasteiger partial charge in [-0.25, -0.2) is 0 Å². The van der Waals surface area contributed by atoms with Crippen LogP contribution in [-0.4, -0.2) is 39.0 Å². The van der Waals surface area contributed by atoms with E-state index in [1.54, 1.807) is 0 Å². The van der Waals surface area contributed by atoms with Gasteiger partial charge < -0.3 is 18.9 Å². The molecule has 1 heterocycles. The zero-order valence-electron chi connectivity index (χ0n) is 15.2. The Kier molecular flexibility index (Phi) is 5.91. The minimum atomic E-state index is 0.00349. The quantitative estimate of drug-likeness (QED) is 0.506. The summed E-state index contributed by atoms with van der Waals surface area (Å²) < 4.78 is 21.8. The van der Waals surface area contributed by atoms with Crippen molar-refractivity contribution in [2.24, 2.45) is 5.41 Å². The maximum atomic E-state index is 10.9. The summed E-state index contributed by atoms with van der Waals surface area (Å²) in [6.07, 6.45) is 0. The highest BCUT2D eigenvalue weighted by atomic mass is 16.7. The summed E-state index contributed by atoms with van der Waals surface area (Å²) in [6.45, 7) is 6.12. The fourth-order valence-electron chi connectivity index (χ4n) is 2.60. The Hall–Kier alpha value is -2.37. The van der Waals surface area contributed by atoms with Crippen LogP contribution in [0.2, 0.25) is 0 Å². The zero-order valence-corrected chi connectivity index (χ0v) is 15.2. The van der Waals surface area contributed by atoms with E-state index >= 15 is 0 Å². The van der Waals surface area contributed by atoms with Gasteiger partial charge in [-0.05, 0) is 42.3 Å². The third-order valence-electron chi connectivity index (χ3n) is 4.14. The minimum Gasteiger partial charge on any atom is -0.486 e. The van der Waals surface area contributed by atoms with E-state index in [1.165, 1.54) is 6.92 Å². The highest BCUT2D eigenvalue weighted by Crippen LogP contribution is 2.27. The van der Waals surface area contributed by atoms with Gasteiger partial charge in [-0.2, -0.15) is 0 Å². The number of ether oxygens (including phenoxy) is 4. The van der Waals surface area contributed by atoms with Gasteiger partial charge in [0.15, 0.2) is 12.6 Å². The van der Waals surface area contributed by atoms with Crippen molar-refractivity contribution in [2.45, 2.75) is 13.8 Å². The number of hydrogen-bond acceptors (Lipinski definition) is 5. The molecule has 0 bridgehead atoms. The van der Waals surface area contributed by atoms with Gasteiger partial charge in [0.05, 0.1) is 19.8 Å². The van der Waals surface area contributed by atoms with Crippen LogP contribution in [0.1, 0.15) is 13.8 Å². The number of benzene rings is 2. The van der Waals surface area contributed by atoms with Crippen molar-refractivity contribution in [1.29, 1.82) is 0 Å². The maximum absolute atomic E-state index is 10.9. The molecule has 0 aromatic heterocycles. The second-order valence-electron chi connectivity index (χ2n) is 6.95. The Bertz CT molecular complexity index is 717. The van der Waals surface area contributed by atoms with Crippen molar-refractivity contribution in [3.63, 3.8) is 0 Å². The molecule has 3 rings (SSSR count). The molecule has 0 saturated carbocycles. The fourth-order valence-corrected chi connectivity index (χ4v) is 2.60. The van der Waals surface area contributed by atoms with Crippen LogP contribution in [0, 0.1) is 5.41 Å². The van der Waals surface area contributed by atoms with Gasteiger partial charge in [-0.1, -0.05) is 31.2 Å². The van der Waals surface area contributed by atoms with Crippen molar-refractivity contribution in [1.82, 2.24) is 0 Å². The molecule has 1 saturated heterocycles. The summed E-state index contributed by atoms with van der Waals surface area (Å²) in [5.41, 5.74) is 2.28. The second kappa shape index (κ2) is 8.34. The Morgan fingerprint density at radius 2 is 1.50 bits per heavy atom. The predicted octanol–water partition coefficient (Wildman–Crippen LogP) is 3.71. The molecule has 0 unspecified atom stereocenters. The number of Topliss-reactive ketones (excluding diaryl/α,β-unsaturated/α-hetero) is 1. The molecule has 0 atom stereocenters. The molecule has 2 aromatic rings. The average molecular weight is 356 g/mol. The number of ketones is 1. The first-order valence-electron chi connectivity index (χ1n) is 8.65. The molecule has 1 fully saturated rings. The van der Waals surface area contributed by atoms with Gasteiger partial charge in [0.2, 0.25) is 0 Å². The molecule has 1 aliphatic heterocycles. The van der Waals surface area contributed by atoms with Crippen LogP contribution < -0.4 is 9.47 Å². The third-order valence-corrected chi connectivity index (χ3v) is 4.14. The minimum absolute atomic E-state index is 0.00349. The lowest BCUT2D eigenvalue weighted by molar-refractivity contribution is -0.151. The molecule has 26 heavy (non-hydrogen) atoms. The lowest BCUT2D eigenvalue weighted by atomic mass is 9.90. The molecule has 5 heteroatoms. The molecular weight excluding hydrogens is 332 g/mol. The van der Waals surface area contributed by atoms with Gasteiger partial charge in [0.25, 0.3) is 0 Å². The van der Waals surface area contributed by atoms with E-state index in [0.717, 1.165) is 30.1 Å². The molecule has 5 nitrogen and oxygen atoms in total. The monoisotopic (exact) mass is 356 g/mol. The molecular formula is C21H24O5. The Balaban J connectivity index is 1.48. The number of rotatable bonds is 9. The predicted molar refractivity (Wildman–Crippen MR) is 98.4 cm³/mol. The smallest absolute Gasteiger partial charge is 0.189 e. The van der Waals surface area contributed by atoms with Crippen LogP contribution >= 0.6 is 0 Å². The largest absolute Gasteiger partial charge is 0.486 e. The summed E-state index contributed by atoms with van der Waals surface area (Å²) in [6, 6.07) is 15.5. The van der Waals surface area contributed by atoms with E-state index in [0.29, 0.717) is 12.4 Å². The number of hydrogen-bond donors (Lipinski definition) is 0. The standard InChI is InChI=1S/C21H24O5/c1-16(22)11-25-19-7-3-17(4-8-19)18-5-9-20(10-6-18)26-15-24-14-21(2)12-23-13-21/h3-10H,11-15H2,1-2H3. The van der Waals surface area contributed by atoms with Crippen molar-refractivity contribution in [3.8, 4) is 22.6 Å². The molecule has 0 aliphatic carbocycles. The van der Waals surface area contributed by atoms with E-state index in [-0.39, 0.29) is 24.6 Å². The molecule has 0 amide bonds. The zero-order chi connectivity index (χ0) is 18.4. The van der Waals surface area contributed by atoms with Crippen molar-refractivity contribution >= 4 is 5.78 Å². The molecule has 0 radical (unpaired) electrons. The van der Waals surface area contributed by atoms with E-state index < -0.39 is 0 Å². The van der Waals surface area contributed by atoms with Crippen molar-refractivity contribution in [3.05, 3.63) is 48.5 Å². The third kappa shape index (κ3) is 5.07. The van der Waals surface area contributed by atoms with Crippen LogP contribution in [0.4, 0.5) is 0 Å². The molecule has 1 aliphatic rings. The summed E-state index contributed by atoms with van der Waals surface area (Å²) in [7, 11) is 0. The Morgan fingerprint density at radius 3 is 1.96 bits per heavy atom. The normalized spacial score (nSPS) is 15.2. The highest BCUT2D eigenvalue weighted by molar-refractivity contribution is 5.77. The van der Waals surface area contributed by atoms with Crippen molar-refractivity contribution in [2.75, 3.05) is 33.2 Å². The SMILES string of the molecule is CC(=O)COc1ccc(-c2ccc(OCOCC3(C)COC3)cc2)cc1. The van der Waals surface area contributed by atoms with E-state index in [4.69, 9.17) is 18.9 Å². The van der Waals surface area contributed by atoms with Gasteiger partial charge >= 0.3 is 0 Å². The molecule has 0 spiro atoms. The van der Waals surface area contributed by atoms with Crippen LogP contribution in [-0.2, 0) is 14.3 Å². The Labute approximate surface area is 153 Å². The topological polar surface area (TPSA) is 54.0 Å². The molecule has 2 aromatic carbocycles. The van der Waals surface area contributed by atoms with Gasteiger partial charge in [0.1, 0.15) is 18.1 Å². The lowest BCUT2D eigenvalue weighted by Gasteiger charge is -2.37. The lowest BCUT2D eigenvalue weighted by Crippen LogP contribution is -2.43. The van der Waals surface area contributed by atoms with Crippen LogP contribution in [0.15, 0.2) is 48.5 Å². The van der Waals surface area contributed by atoms with Crippen LogP contribution in [0.3, 0.4) is 0 Å². The summed E-state index contributed by atoms with van der Waals surface area (Å²) >= 11 is 0. The summed E-state index contributed by atoms with van der Waals surface area (Å²) in [4.78, 5) is 10.9. The summed E-state index contributed by atoms with van der Waals surface area (Å²) in [5.74, 6) is 1.46. The van der Waals surface area contributed by atoms with E-state index in [2.05, 4.69) is 6.92 Å². The van der Waals surface area contributed by atoms with E-state index in [1.807, 2.05) is 48.5 Å². The fraction of sp³-hybridized carbons (Fsp3) is 0.381. The number of carbonyl (C=O) groups excluding carboxylic acids is 1. The Morgan fingerprint density at radius 1 is 0.962 bits per heavy atom. The van der Waals surface area contributed by atoms with Gasteiger partial charge in [-0.3, -0.25) is 4.79 Å². The summed E-state index contributed by atoms with van der Waals surface area (Å²) in [5, 5.41) is 0. The maximum Gasteiger partial charge on any atom is 0.189 e. The van der Waals surface area contributed by atoms with Crippen LogP contribution in [0.25, 0.3) is 11.1 Å². The first-order chi connectivity index (χ1) is 12.5. The average Bonchev–Trinajstić information content (AvgIpc) is 2.63. The molecule has 138 valence electrons. The van der Waals surface area contributed by atoms with Crippen molar-refractivity contribution < 1.29 is 23.7 Å². The second-order valence-corrected chi connectivity index (χ2v) is 6.95. The van der Waals surface area contributed by atoms with E-state index in [9.17, 15) is 4.79 Å². The first kappa shape index (κ1) is 18.4. The number of carbonyl (C=O) groups is 1. The van der Waals surface area contributed by atoms with Crippen LogP contribution in [0.5, 0.6) is 11.5 Å². The van der Waals surface area contributed by atoms with Gasteiger partial charge in [-0.15, -0.1) is 0 Å².